The zero-order valence-electron chi connectivity index (χ0n) is 14.9. The van der Waals surface area contributed by atoms with Gasteiger partial charge in [0.25, 0.3) is 0 Å². The van der Waals surface area contributed by atoms with Crippen molar-refractivity contribution in [2.45, 2.75) is 32.3 Å². The topological polar surface area (TPSA) is 71.7 Å². The predicted octanol–water partition coefficient (Wildman–Crippen LogP) is 2.54. The Morgan fingerprint density at radius 2 is 2.12 bits per heavy atom. The number of aliphatic imine (C=N–C) groups is 1. The van der Waals surface area contributed by atoms with E-state index in [0.29, 0.717) is 12.0 Å². The summed E-state index contributed by atoms with van der Waals surface area (Å²) in [5.74, 6) is 1.45. The van der Waals surface area contributed by atoms with Crippen LogP contribution in [0.3, 0.4) is 0 Å². The molecule has 0 bridgehead atoms. The second kappa shape index (κ2) is 8.67. The molecule has 0 aliphatic carbocycles. The van der Waals surface area contributed by atoms with E-state index in [9.17, 15) is 0 Å². The third-order valence-electron chi connectivity index (χ3n) is 4.27. The van der Waals surface area contributed by atoms with E-state index in [1.165, 1.54) is 5.56 Å². The average molecular weight is 342 g/mol. The van der Waals surface area contributed by atoms with Crippen LogP contribution in [0.5, 0.6) is 0 Å². The number of rotatable bonds is 6. The summed E-state index contributed by atoms with van der Waals surface area (Å²) >= 11 is 0. The molecular formula is C19H26N4O2. The molecule has 0 radical (unpaired) electrons. The molecule has 134 valence electrons. The lowest BCUT2D eigenvalue weighted by Crippen LogP contribution is -2.41. The number of benzene rings is 1. The molecule has 1 aliphatic heterocycles. The summed E-state index contributed by atoms with van der Waals surface area (Å²) in [6.07, 6.45) is 5.06. The molecule has 2 N–H and O–H groups in total. The van der Waals surface area contributed by atoms with Crippen molar-refractivity contribution in [2.24, 2.45) is 4.99 Å². The van der Waals surface area contributed by atoms with Crippen LogP contribution >= 0.6 is 0 Å². The van der Waals surface area contributed by atoms with E-state index in [1.54, 1.807) is 13.3 Å². The van der Waals surface area contributed by atoms with Gasteiger partial charge in [0.05, 0.1) is 11.8 Å². The molecule has 1 aromatic carbocycles. The van der Waals surface area contributed by atoms with Gasteiger partial charge in [-0.1, -0.05) is 17.7 Å². The Bertz CT molecular complexity index is 688. The molecule has 2 aromatic rings. The molecule has 2 heterocycles. The number of guanidine groups is 1. The van der Waals surface area contributed by atoms with Crippen molar-refractivity contribution in [3.63, 3.8) is 0 Å². The van der Waals surface area contributed by atoms with Crippen LogP contribution in [0.2, 0.25) is 0 Å². The minimum Gasteiger partial charge on any atom is -0.444 e. The Kier molecular flexibility index (Phi) is 6.06. The van der Waals surface area contributed by atoms with Crippen molar-refractivity contribution in [3.8, 4) is 11.5 Å². The highest BCUT2D eigenvalue weighted by Gasteiger charge is 2.15. The fourth-order valence-corrected chi connectivity index (χ4v) is 2.80. The summed E-state index contributed by atoms with van der Waals surface area (Å²) in [6, 6.07) is 8.18. The summed E-state index contributed by atoms with van der Waals surface area (Å²) in [5, 5.41) is 6.60. The lowest BCUT2D eigenvalue weighted by molar-refractivity contribution is 0.114. The summed E-state index contributed by atoms with van der Waals surface area (Å²) in [4.78, 5) is 8.79. The van der Waals surface area contributed by atoms with Crippen LogP contribution < -0.4 is 10.6 Å². The number of nitrogens with one attached hydrogen (secondary N) is 2. The Hall–Kier alpha value is -2.34. The molecule has 1 fully saturated rings. The van der Waals surface area contributed by atoms with E-state index in [4.69, 9.17) is 9.15 Å². The van der Waals surface area contributed by atoms with Crippen LogP contribution in [0.15, 0.2) is 39.9 Å². The quantitative estimate of drug-likeness (QED) is 0.623. The van der Waals surface area contributed by atoms with Crippen LogP contribution in [0.1, 0.15) is 24.1 Å². The van der Waals surface area contributed by atoms with E-state index >= 15 is 0 Å². The number of ether oxygens (including phenoxy) is 1. The molecule has 25 heavy (non-hydrogen) atoms. The summed E-state index contributed by atoms with van der Waals surface area (Å²) in [7, 11) is 1.77. The lowest BCUT2D eigenvalue weighted by Gasteiger charge is -2.14. The van der Waals surface area contributed by atoms with Crippen molar-refractivity contribution in [2.75, 3.05) is 26.7 Å². The summed E-state index contributed by atoms with van der Waals surface area (Å²) in [5.41, 5.74) is 3.15. The number of hydrogen-bond donors (Lipinski definition) is 2. The van der Waals surface area contributed by atoms with Crippen LogP contribution in [0, 0.1) is 6.92 Å². The zero-order valence-corrected chi connectivity index (χ0v) is 14.9. The lowest BCUT2D eigenvalue weighted by atomic mass is 10.1. The first-order valence-corrected chi connectivity index (χ1v) is 8.82. The van der Waals surface area contributed by atoms with E-state index in [2.05, 4.69) is 39.7 Å². The van der Waals surface area contributed by atoms with Gasteiger partial charge in [0.2, 0.25) is 5.89 Å². The summed E-state index contributed by atoms with van der Waals surface area (Å²) < 4.78 is 11.2. The normalized spacial score (nSPS) is 17.7. The monoisotopic (exact) mass is 342 g/mol. The van der Waals surface area contributed by atoms with Gasteiger partial charge in [-0.2, -0.15) is 0 Å². The van der Waals surface area contributed by atoms with Crippen molar-refractivity contribution >= 4 is 5.96 Å². The van der Waals surface area contributed by atoms with Gasteiger partial charge in [-0.05, 0) is 31.9 Å². The minimum absolute atomic E-state index is 0.297. The molecule has 6 heteroatoms. The van der Waals surface area contributed by atoms with Crippen molar-refractivity contribution in [1.82, 2.24) is 15.6 Å². The fraction of sp³-hybridized carbons (Fsp3) is 0.474. The maximum Gasteiger partial charge on any atom is 0.226 e. The SMILES string of the molecule is CN=C(NCCc1coc(-c2ccc(C)cc2)n1)NCC1CCCO1. The van der Waals surface area contributed by atoms with E-state index in [1.807, 2.05) is 12.1 Å². The Morgan fingerprint density at radius 3 is 2.84 bits per heavy atom. The van der Waals surface area contributed by atoms with Crippen LogP contribution in [-0.4, -0.2) is 43.8 Å². The Morgan fingerprint density at radius 1 is 1.28 bits per heavy atom. The molecule has 1 aliphatic rings. The summed E-state index contributed by atoms with van der Waals surface area (Å²) in [6.45, 7) is 4.47. The van der Waals surface area contributed by atoms with Crippen LogP contribution in [0.4, 0.5) is 0 Å². The van der Waals surface area contributed by atoms with Gasteiger partial charge < -0.3 is 19.8 Å². The first-order chi connectivity index (χ1) is 12.2. The third kappa shape index (κ3) is 5.06. The highest BCUT2D eigenvalue weighted by atomic mass is 16.5. The third-order valence-corrected chi connectivity index (χ3v) is 4.27. The first kappa shape index (κ1) is 17.5. The van der Waals surface area contributed by atoms with Crippen LogP contribution in [-0.2, 0) is 11.2 Å². The number of oxazole rings is 1. The van der Waals surface area contributed by atoms with Gasteiger partial charge >= 0.3 is 0 Å². The average Bonchev–Trinajstić information content (AvgIpc) is 3.30. The molecule has 1 aromatic heterocycles. The van der Waals surface area contributed by atoms with E-state index < -0.39 is 0 Å². The van der Waals surface area contributed by atoms with Gasteiger partial charge in [-0.15, -0.1) is 0 Å². The molecule has 1 unspecified atom stereocenters. The number of aromatic nitrogens is 1. The first-order valence-electron chi connectivity index (χ1n) is 8.82. The molecule has 3 rings (SSSR count). The number of nitrogens with zero attached hydrogens (tertiary/aromatic N) is 2. The van der Waals surface area contributed by atoms with Crippen molar-refractivity contribution < 1.29 is 9.15 Å². The Labute approximate surface area is 148 Å². The van der Waals surface area contributed by atoms with Crippen LogP contribution in [0.25, 0.3) is 11.5 Å². The van der Waals surface area contributed by atoms with Gasteiger partial charge in [0.1, 0.15) is 6.26 Å². The van der Waals surface area contributed by atoms with E-state index in [-0.39, 0.29) is 0 Å². The minimum atomic E-state index is 0.297. The largest absolute Gasteiger partial charge is 0.444 e. The maximum absolute atomic E-state index is 5.61. The molecule has 0 saturated carbocycles. The van der Waals surface area contributed by atoms with E-state index in [0.717, 1.165) is 56.2 Å². The molecule has 6 nitrogen and oxygen atoms in total. The molecule has 0 spiro atoms. The standard InChI is InChI=1S/C19H26N4O2/c1-14-5-7-15(8-6-14)18-23-16(13-25-18)9-10-21-19(20-2)22-12-17-4-3-11-24-17/h5-8,13,17H,3-4,9-12H2,1-2H3,(H2,20,21,22). The fourth-order valence-electron chi connectivity index (χ4n) is 2.80. The maximum atomic E-state index is 5.61. The molecule has 1 atom stereocenters. The van der Waals surface area contributed by atoms with Gasteiger partial charge in [-0.25, -0.2) is 4.98 Å². The van der Waals surface area contributed by atoms with Gasteiger partial charge in [0, 0.05) is 38.7 Å². The Balaban J connectivity index is 1.44. The second-order valence-corrected chi connectivity index (χ2v) is 6.27. The second-order valence-electron chi connectivity index (χ2n) is 6.27. The van der Waals surface area contributed by atoms with Gasteiger partial charge in [0.15, 0.2) is 5.96 Å². The smallest absolute Gasteiger partial charge is 0.226 e. The molecular weight excluding hydrogens is 316 g/mol. The van der Waals surface area contributed by atoms with Crippen molar-refractivity contribution in [1.29, 1.82) is 0 Å². The van der Waals surface area contributed by atoms with Crippen molar-refractivity contribution in [3.05, 3.63) is 41.8 Å². The number of hydrogen-bond acceptors (Lipinski definition) is 4. The van der Waals surface area contributed by atoms with Gasteiger partial charge in [-0.3, -0.25) is 4.99 Å². The highest BCUT2D eigenvalue weighted by Crippen LogP contribution is 2.19. The predicted molar refractivity (Wildman–Crippen MR) is 98.7 cm³/mol. The number of aryl methyl sites for hydroxylation is 1. The highest BCUT2D eigenvalue weighted by molar-refractivity contribution is 5.79. The zero-order chi connectivity index (χ0) is 17.5. The molecule has 0 amide bonds. The molecule has 1 saturated heterocycles.